The van der Waals surface area contributed by atoms with Gasteiger partial charge < -0.3 is 5.32 Å². The number of hydrogen-bond donors (Lipinski definition) is 1. The molecule has 27 heavy (non-hydrogen) atoms. The van der Waals surface area contributed by atoms with Gasteiger partial charge in [0.2, 0.25) is 0 Å². The van der Waals surface area contributed by atoms with E-state index in [-0.39, 0.29) is 5.54 Å². The number of para-hydroxylation sites is 1. The van der Waals surface area contributed by atoms with E-state index in [2.05, 4.69) is 71.9 Å². The molecule has 3 aromatic rings. The van der Waals surface area contributed by atoms with Gasteiger partial charge in [0.15, 0.2) is 5.82 Å². The summed E-state index contributed by atoms with van der Waals surface area (Å²) in [4.78, 5) is 0. The molecule has 1 N–H and O–H groups in total. The number of nitrogens with one attached hydrogen (secondary N) is 1. The molecule has 5 heteroatoms. The summed E-state index contributed by atoms with van der Waals surface area (Å²) in [7, 11) is 0. The second-order valence-corrected chi connectivity index (χ2v) is 7.96. The Hall–Kier alpha value is -2.69. The Bertz CT molecular complexity index is 907. The predicted molar refractivity (Wildman–Crippen MR) is 108 cm³/mol. The monoisotopic (exact) mass is 361 g/mol. The van der Waals surface area contributed by atoms with Crippen LogP contribution in [0.15, 0.2) is 48.5 Å². The average Bonchev–Trinajstić information content (AvgIpc) is 3.17. The number of aryl methyl sites for hydroxylation is 2. The molecule has 1 fully saturated rings. The zero-order chi connectivity index (χ0) is 18.9. The molecule has 1 aliphatic rings. The Morgan fingerprint density at radius 1 is 1.04 bits per heavy atom. The third kappa shape index (κ3) is 3.46. The van der Waals surface area contributed by atoms with E-state index in [9.17, 15) is 0 Å². The van der Waals surface area contributed by atoms with E-state index in [1.807, 2.05) is 22.9 Å². The fourth-order valence-corrected chi connectivity index (χ4v) is 4.10. The van der Waals surface area contributed by atoms with E-state index < -0.39 is 0 Å². The summed E-state index contributed by atoms with van der Waals surface area (Å²) in [5.41, 5.74) is 4.44. The Labute approximate surface area is 160 Å². The molecule has 5 nitrogen and oxygen atoms in total. The van der Waals surface area contributed by atoms with Gasteiger partial charge >= 0.3 is 0 Å². The van der Waals surface area contributed by atoms with E-state index in [1.54, 1.807) is 0 Å². The van der Waals surface area contributed by atoms with Crippen LogP contribution in [-0.2, 0) is 5.54 Å². The fourth-order valence-electron chi connectivity index (χ4n) is 4.10. The first-order valence-electron chi connectivity index (χ1n) is 9.77. The van der Waals surface area contributed by atoms with Crippen LogP contribution in [0.1, 0.15) is 49.6 Å². The number of nitrogens with zero attached hydrogens (tertiary/aromatic N) is 4. The molecule has 0 unspecified atom stereocenters. The minimum atomic E-state index is -0.258. The summed E-state index contributed by atoms with van der Waals surface area (Å²) in [6, 6.07) is 16.7. The minimum absolute atomic E-state index is 0.258. The highest BCUT2D eigenvalue weighted by Crippen LogP contribution is 2.42. The second kappa shape index (κ2) is 7.14. The van der Waals surface area contributed by atoms with Gasteiger partial charge in [0.1, 0.15) is 0 Å². The van der Waals surface area contributed by atoms with Crippen molar-refractivity contribution in [2.24, 2.45) is 5.92 Å². The molecule has 0 amide bonds. The van der Waals surface area contributed by atoms with Crippen molar-refractivity contribution in [1.82, 2.24) is 20.2 Å². The summed E-state index contributed by atoms with van der Waals surface area (Å²) in [6.45, 7) is 6.63. The number of anilines is 1. The van der Waals surface area contributed by atoms with Crippen LogP contribution in [0.3, 0.4) is 0 Å². The predicted octanol–water partition coefficient (Wildman–Crippen LogP) is 4.80. The van der Waals surface area contributed by atoms with Gasteiger partial charge in [-0.15, -0.1) is 5.10 Å². The smallest absolute Gasteiger partial charge is 0.181 e. The molecule has 0 atom stereocenters. The molecule has 0 radical (unpaired) electrons. The summed E-state index contributed by atoms with van der Waals surface area (Å²) >= 11 is 0. The Kier molecular flexibility index (Phi) is 4.68. The Morgan fingerprint density at radius 2 is 1.78 bits per heavy atom. The van der Waals surface area contributed by atoms with Gasteiger partial charge in [-0.05, 0) is 79.6 Å². The Balaban J connectivity index is 1.77. The number of hydrogen-bond acceptors (Lipinski definition) is 4. The summed E-state index contributed by atoms with van der Waals surface area (Å²) in [5.74, 6) is 1.64. The molecule has 140 valence electrons. The van der Waals surface area contributed by atoms with Crippen molar-refractivity contribution in [2.45, 2.75) is 52.0 Å². The van der Waals surface area contributed by atoms with Crippen LogP contribution >= 0.6 is 0 Å². The molecule has 2 aromatic carbocycles. The van der Waals surface area contributed by atoms with Gasteiger partial charge in [-0.2, -0.15) is 4.68 Å². The van der Waals surface area contributed by atoms with Crippen LogP contribution in [0.4, 0.5) is 5.69 Å². The zero-order valence-electron chi connectivity index (χ0n) is 16.3. The quantitative estimate of drug-likeness (QED) is 0.725. The first kappa shape index (κ1) is 17.7. The van der Waals surface area contributed by atoms with Crippen LogP contribution in [0.5, 0.6) is 0 Å². The highest BCUT2D eigenvalue weighted by molar-refractivity contribution is 5.54. The van der Waals surface area contributed by atoms with Crippen molar-refractivity contribution in [3.05, 3.63) is 65.5 Å². The lowest BCUT2D eigenvalue weighted by Crippen LogP contribution is -2.41. The summed E-state index contributed by atoms with van der Waals surface area (Å²) in [6.07, 6.45) is 4.38. The minimum Gasteiger partial charge on any atom is -0.372 e. The van der Waals surface area contributed by atoms with Crippen molar-refractivity contribution < 1.29 is 0 Å². The van der Waals surface area contributed by atoms with Gasteiger partial charge in [0, 0.05) is 5.69 Å². The lowest BCUT2D eigenvalue weighted by Gasteiger charge is -2.40. The number of tetrazole rings is 1. The normalized spacial score (nSPS) is 22.6. The van der Waals surface area contributed by atoms with Crippen LogP contribution in [0.25, 0.3) is 5.69 Å². The van der Waals surface area contributed by atoms with Crippen molar-refractivity contribution in [3.63, 3.8) is 0 Å². The van der Waals surface area contributed by atoms with Crippen LogP contribution < -0.4 is 5.32 Å². The van der Waals surface area contributed by atoms with Crippen LogP contribution in [0, 0.1) is 19.8 Å². The number of benzene rings is 2. The molecule has 1 saturated carbocycles. The van der Waals surface area contributed by atoms with E-state index in [0.29, 0.717) is 0 Å². The third-order valence-corrected chi connectivity index (χ3v) is 5.78. The fraction of sp³-hybridized carbons (Fsp3) is 0.409. The summed E-state index contributed by atoms with van der Waals surface area (Å²) < 4.78 is 1.90. The van der Waals surface area contributed by atoms with Crippen LogP contribution in [0.2, 0.25) is 0 Å². The van der Waals surface area contributed by atoms with Gasteiger partial charge in [-0.25, -0.2) is 0 Å². The maximum absolute atomic E-state index is 4.50. The molecule has 1 aliphatic carbocycles. The third-order valence-electron chi connectivity index (χ3n) is 5.78. The first-order chi connectivity index (χ1) is 13.1. The zero-order valence-corrected chi connectivity index (χ0v) is 16.3. The van der Waals surface area contributed by atoms with Gasteiger partial charge in [-0.3, -0.25) is 0 Å². The van der Waals surface area contributed by atoms with Gasteiger partial charge in [0.05, 0.1) is 11.2 Å². The number of aromatic nitrogens is 4. The largest absolute Gasteiger partial charge is 0.372 e. The molecule has 1 heterocycles. The maximum atomic E-state index is 4.50. The second-order valence-electron chi connectivity index (χ2n) is 7.96. The molecule has 4 rings (SSSR count). The van der Waals surface area contributed by atoms with Crippen molar-refractivity contribution in [3.8, 4) is 5.69 Å². The van der Waals surface area contributed by atoms with Gasteiger partial charge in [-0.1, -0.05) is 42.8 Å². The average molecular weight is 361 g/mol. The van der Waals surface area contributed by atoms with Gasteiger partial charge in [0.25, 0.3) is 0 Å². The maximum Gasteiger partial charge on any atom is 0.181 e. The van der Waals surface area contributed by atoms with Crippen LogP contribution in [-0.4, -0.2) is 20.2 Å². The SMILES string of the molecule is Cc1ccc(NC2(c3nnnn3-c3ccccc3)CCC(C)CC2)c(C)c1. The molecule has 0 bridgehead atoms. The van der Waals surface area contributed by atoms with E-state index >= 15 is 0 Å². The molecular formula is C22H27N5. The summed E-state index contributed by atoms with van der Waals surface area (Å²) in [5, 5.41) is 16.7. The van der Waals surface area contributed by atoms with E-state index in [0.717, 1.165) is 36.0 Å². The molecule has 1 aromatic heterocycles. The van der Waals surface area contributed by atoms with Crippen molar-refractivity contribution in [2.75, 3.05) is 5.32 Å². The lowest BCUT2D eigenvalue weighted by molar-refractivity contribution is 0.255. The highest BCUT2D eigenvalue weighted by atomic mass is 15.6. The Morgan fingerprint density at radius 3 is 2.48 bits per heavy atom. The van der Waals surface area contributed by atoms with E-state index in [1.165, 1.54) is 24.0 Å². The molecule has 0 aliphatic heterocycles. The standard InChI is InChI=1S/C22H27N5/c1-16-11-13-22(14-12-16,23-20-10-9-17(2)15-18(20)3)21-24-25-26-27(21)19-7-5-4-6-8-19/h4-10,15-16,23H,11-14H2,1-3H3. The van der Waals surface area contributed by atoms with E-state index in [4.69, 9.17) is 0 Å². The molecule has 0 saturated heterocycles. The topological polar surface area (TPSA) is 55.6 Å². The van der Waals surface area contributed by atoms with Crippen molar-refractivity contribution in [1.29, 1.82) is 0 Å². The first-order valence-corrected chi connectivity index (χ1v) is 9.77. The highest BCUT2D eigenvalue weighted by Gasteiger charge is 2.41. The molecule has 0 spiro atoms. The molecular weight excluding hydrogens is 334 g/mol. The lowest BCUT2D eigenvalue weighted by atomic mass is 9.76. The van der Waals surface area contributed by atoms with Crippen molar-refractivity contribution >= 4 is 5.69 Å². The number of rotatable bonds is 4.